The maximum atomic E-state index is 11.3. The highest BCUT2D eigenvalue weighted by Gasteiger charge is 2.43. The number of alkyl halides is 1. The second-order valence-corrected chi connectivity index (χ2v) is 7.43. The van der Waals surface area contributed by atoms with Gasteiger partial charge in [0.15, 0.2) is 6.29 Å². The lowest BCUT2D eigenvalue weighted by molar-refractivity contribution is -0.152. The first-order valence-corrected chi connectivity index (χ1v) is 8.92. The number of fused-ring (bicyclic) bond motifs is 1. The van der Waals surface area contributed by atoms with Gasteiger partial charge < -0.3 is 18.9 Å². The molecule has 0 amide bonds. The Morgan fingerprint density at radius 2 is 1.95 bits per heavy atom. The molecule has 1 saturated carbocycles. The summed E-state index contributed by atoms with van der Waals surface area (Å²) in [4.78, 5) is 11.5. The number of hydrogen-bond acceptors (Lipinski definition) is 5. The molecule has 0 radical (unpaired) electrons. The van der Waals surface area contributed by atoms with E-state index in [0.717, 1.165) is 32.1 Å². The first kappa shape index (κ1) is 18.2. The van der Waals surface area contributed by atoms with Crippen molar-refractivity contribution in [2.45, 2.75) is 61.9 Å². The van der Waals surface area contributed by atoms with E-state index >= 15 is 0 Å². The molecule has 0 bridgehead atoms. The Morgan fingerprint density at radius 3 is 2.59 bits per heavy atom. The zero-order valence-corrected chi connectivity index (χ0v) is 15.2. The Bertz CT molecular complexity index is 360. The molecule has 1 saturated heterocycles. The van der Waals surface area contributed by atoms with Gasteiger partial charge in [-0.05, 0) is 38.0 Å². The molecule has 0 N–H and O–H groups in total. The number of esters is 1. The summed E-state index contributed by atoms with van der Waals surface area (Å²) >= 11 is 3.69. The summed E-state index contributed by atoms with van der Waals surface area (Å²) in [5, 5.41) is 0. The fraction of sp³-hybridized carbons (Fsp3) is 0.938. The maximum Gasteiger partial charge on any atom is 0.305 e. The number of halogens is 1. The highest BCUT2D eigenvalue weighted by molar-refractivity contribution is 9.09. The van der Waals surface area contributed by atoms with Gasteiger partial charge in [-0.15, -0.1) is 0 Å². The minimum absolute atomic E-state index is 0.112. The molecule has 5 unspecified atom stereocenters. The monoisotopic (exact) mass is 378 g/mol. The molecule has 2 rings (SSSR count). The molecule has 0 spiro atoms. The van der Waals surface area contributed by atoms with Crippen molar-refractivity contribution in [3.05, 3.63) is 0 Å². The zero-order valence-electron chi connectivity index (χ0n) is 13.6. The van der Waals surface area contributed by atoms with Crippen molar-refractivity contribution < 1.29 is 23.7 Å². The molecule has 5 nitrogen and oxygen atoms in total. The summed E-state index contributed by atoms with van der Waals surface area (Å²) in [6, 6.07) is 0. The second-order valence-electron chi connectivity index (χ2n) is 6.25. The van der Waals surface area contributed by atoms with Crippen LogP contribution in [0, 0.1) is 11.8 Å². The molecular formula is C16H27BrO5. The Balaban J connectivity index is 1.82. The summed E-state index contributed by atoms with van der Waals surface area (Å²) < 4.78 is 21.7. The van der Waals surface area contributed by atoms with E-state index in [4.69, 9.17) is 18.9 Å². The van der Waals surface area contributed by atoms with E-state index in [-0.39, 0.29) is 23.2 Å². The van der Waals surface area contributed by atoms with Crippen LogP contribution in [-0.2, 0) is 23.7 Å². The fourth-order valence-corrected chi connectivity index (χ4v) is 4.35. The number of carbonyl (C=O) groups excluding carboxylic acids is 1. The number of hydrogen-bond donors (Lipinski definition) is 0. The van der Waals surface area contributed by atoms with Crippen LogP contribution in [0.2, 0.25) is 0 Å². The highest BCUT2D eigenvalue weighted by Crippen LogP contribution is 2.43. The van der Waals surface area contributed by atoms with Crippen LogP contribution >= 0.6 is 15.9 Å². The fourth-order valence-electron chi connectivity index (χ4n) is 3.78. The molecule has 0 aromatic rings. The van der Waals surface area contributed by atoms with Crippen molar-refractivity contribution in [2.24, 2.45) is 11.8 Å². The molecule has 0 aromatic heterocycles. The average Bonchev–Trinajstić information content (AvgIpc) is 2.96. The maximum absolute atomic E-state index is 11.3. The van der Waals surface area contributed by atoms with Crippen molar-refractivity contribution in [1.29, 1.82) is 0 Å². The van der Waals surface area contributed by atoms with Crippen molar-refractivity contribution in [1.82, 2.24) is 0 Å². The van der Waals surface area contributed by atoms with Crippen LogP contribution in [0.3, 0.4) is 0 Å². The molecule has 5 atom stereocenters. The van der Waals surface area contributed by atoms with Crippen LogP contribution in [0.15, 0.2) is 0 Å². The van der Waals surface area contributed by atoms with Crippen molar-refractivity contribution in [3.63, 3.8) is 0 Å². The Hall–Kier alpha value is -0.170. The van der Waals surface area contributed by atoms with E-state index < -0.39 is 0 Å². The predicted molar refractivity (Wildman–Crippen MR) is 85.9 cm³/mol. The average molecular weight is 379 g/mol. The van der Waals surface area contributed by atoms with Crippen molar-refractivity contribution in [3.8, 4) is 0 Å². The molecule has 1 heterocycles. The molecule has 0 aromatic carbocycles. The van der Waals surface area contributed by atoms with E-state index in [2.05, 4.69) is 15.9 Å². The molecule has 1 aliphatic carbocycles. The summed E-state index contributed by atoms with van der Waals surface area (Å²) in [7, 11) is 4.83. The smallest absolute Gasteiger partial charge is 0.305 e. The van der Waals surface area contributed by atoms with Gasteiger partial charge in [0, 0.05) is 31.4 Å². The third-order valence-corrected chi connectivity index (χ3v) is 5.99. The predicted octanol–water partition coefficient (Wildman–Crippen LogP) is 2.90. The Kier molecular flexibility index (Phi) is 7.12. The molecule has 2 fully saturated rings. The SMILES string of the molecule is COC(=O)CCC(Br)C1CC2CC(C(OC)OC)CCC2O1. The lowest BCUT2D eigenvalue weighted by atomic mass is 9.78. The van der Waals surface area contributed by atoms with Gasteiger partial charge in [-0.2, -0.15) is 0 Å². The van der Waals surface area contributed by atoms with Crippen LogP contribution in [0.5, 0.6) is 0 Å². The molecule has 6 heteroatoms. The van der Waals surface area contributed by atoms with Crippen LogP contribution in [0.25, 0.3) is 0 Å². The second kappa shape index (κ2) is 8.62. The van der Waals surface area contributed by atoms with Crippen LogP contribution in [-0.4, -0.2) is 50.6 Å². The lowest BCUT2D eigenvalue weighted by Crippen LogP contribution is -2.34. The van der Waals surface area contributed by atoms with Crippen molar-refractivity contribution >= 4 is 21.9 Å². The first-order valence-electron chi connectivity index (χ1n) is 8.01. The summed E-state index contributed by atoms with van der Waals surface area (Å²) in [6.45, 7) is 0. The topological polar surface area (TPSA) is 54.0 Å². The Labute approximate surface area is 141 Å². The standard InChI is InChI=1S/C16H27BrO5/c1-19-15(18)7-5-12(17)14-9-11-8-10(16(20-2)21-3)4-6-13(11)22-14/h10-14,16H,4-9H2,1-3H3. The van der Waals surface area contributed by atoms with E-state index in [1.54, 1.807) is 14.2 Å². The molecule has 128 valence electrons. The number of rotatable bonds is 7. The zero-order chi connectivity index (χ0) is 16.1. The number of carbonyl (C=O) groups is 1. The molecule has 22 heavy (non-hydrogen) atoms. The van der Waals surface area contributed by atoms with Crippen LogP contribution < -0.4 is 0 Å². The number of methoxy groups -OCH3 is 3. The minimum atomic E-state index is -0.164. The lowest BCUT2D eigenvalue weighted by Gasteiger charge is -2.34. The van der Waals surface area contributed by atoms with E-state index in [1.165, 1.54) is 7.11 Å². The van der Waals surface area contributed by atoms with E-state index in [1.807, 2.05) is 0 Å². The molecule has 1 aliphatic heterocycles. The highest BCUT2D eigenvalue weighted by atomic mass is 79.9. The number of ether oxygens (including phenoxy) is 4. The van der Waals surface area contributed by atoms with Gasteiger partial charge in [0.05, 0.1) is 19.3 Å². The van der Waals surface area contributed by atoms with Gasteiger partial charge in [-0.1, -0.05) is 15.9 Å². The molecular weight excluding hydrogens is 352 g/mol. The normalized spacial score (nSPS) is 32.8. The first-order chi connectivity index (χ1) is 10.6. The quantitative estimate of drug-likeness (QED) is 0.387. The third-order valence-electron chi connectivity index (χ3n) is 4.94. The van der Waals surface area contributed by atoms with Gasteiger partial charge in [0.25, 0.3) is 0 Å². The van der Waals surface area contributed by atoms with Gasteiger partial charge in [-0.3, -0.25) is 4.79 Å². The van der Waals surface area contributed by atoms with Crippen LogP contribution in [0.4, 0.5) is 0 Å². The van der Waals surface area contributed by atoms with Gasteiger partial charge >= 0.3 is 5.97 Å². The van der Waals surface area contributed by atoms with Gasteiger partial charge in [-0.25, -0.2) is 0 Å². The van der Waals surface area contributed by atoms with E-state index in [9.17, 15) is 4.79 Å². The Morgan fingerprint density at radius 1 is 1.23 bits per heavy atom. The van der Waals surface area contributed by atoms with Crippen molar-refractivity contribution in [2.75, 3.05) is 21.3 Å². The summed E-state index contributed by atoms with van der Waals surface area (Å²) in [5.74, 6) is 0.847. The third kappa shape index (κ3) is 4.43. The largest absolute Gasteiger partial charge is 0.469 e. The summed E-state index contributed by atoms with van der Waals surface area (Å²) in [5.41, 5.74) is 0. The summed E-state index contributed by atoms with van der Waals surface area (Å²) in [6.07, 6.45) is 5.86. The van der Waals surface area contributed by atoms with E-state index in [0.29, 0.717) is 24.4 Å². The van der Waals surface area contributed by atoms with Gasteiger partial charge in [0.2, 0.25) is 0 Å². The minimum Gasteiger partial charge on any atom is -0.469 e. The molecule has 2 aliphatic rings. The van der Waals surface area contributed by atoms with Gasteiger partial charge in [0.1, 0.15) is 0 Å². The van der Waals surface area contributed by atoms with Crippen LogP contribution in [0.1, 0.15) is 38.5 Å².